The zero-order valence-corrected chi connectivity index (χ0v) is 12.4. The van der Waals surface area contributed by atoms with Crippen LogP contribution in [-0.4, -0.2) is 41.0 Å². The first-order valence-electron chi connectivity index (χ1n) is 6.90. The molecule has 102 valence electrons. The molecular weight excluding hydrogens is 306 g/mol. The monoisotopic (exact) mass is 323 g/mol. The lowest BCUT2D eigenvalue weighted by Gasteiger charge is -2.29. The SMILES string of the molecule is O=C(c1cncc(Br)c1)N1CCCC1C1CCCN1. The molecule has 2 saturated heterocycles. The minimum Gasteiger partial charge on any atom is -0.334 e. The summed E-state index contributed by atoms with van der Waals surface area (Å²) in [5.74, 6) is 0.116. The third kappa shape index (κ3) is 2.67. The highest BCUT2D eigenvalue weighted by atomic mass is 79.9. The van der Waals surface area contributed by atoms with Crippen LogP contribution in [0.25, 0.3) is 0 Å². The van der Waals surface area contributed by atoms with Crippen molar-refractivity contribution in [2.24, 2.45) is 0 Å². The second kappa shape index (κ2) is 5.59. The molecule has 1 amide bonds. The van der Waals surface area contributed by atoms with Crippen LogP contribution in [0, 0.1) is 0 Å². The lowest BCUT2D eigenvalue weighted by Crippen LogP contribution is -2.46. The highest BCUT2D eigenvalue weighted by Gasteiger charge is 2.36. The number of nitrogens with zero attached hydrogens (tertiary/aromatic N) is 2. The van der Waals surface area contributed by atoms with Crippen LogP contribution in [0.2, 0.25) is 0 Å². The summed E-state index contributed by atoms with van der Waals surface area (Å²) in [5.41, 5.74) is 0.680. The number of hydrogen-bond donors (Lipinski definition) is 1. The third-order valence-electron chi connectivity index (χ3n) is 4.07. The lowest BCUT2D eigenvalue weighted by molar-refractivity contribution is 0.0711. The summed E-state index contributed by atoms with van der Waals surface area (Å²) in [4.78, 5) is 18.7. The van der Waals surface area contributed by atoms with Gasteiger partial charge in [0.1, 0.15) is 0 Å². The molecule has 3 heterocycles. The summed E-state index contributed by atoms with van der Waals surface area (Å²) >= 11 is 3.37. The van der Waals surface area contributed by atoms with E-state index in [-0.39, 0.29) is 5.91 Å². The minimum atomic E-state index is 0.116. The van der Waals surface area contributed by atoms with Gasteiger partial charge in [-0.2, -0.15) is 0 Å². The maximum absolute atomic E-state index is 12.6. The second-order valence-electron chi connectivity index (χ2n) is 5.30. The Hall–Kier alpha value is -0.940. The average molecular weight is 324 g/mol. The number of hydrogen-bond acceptors (Lipinski definition) is 3. The molecule has 0 radical (unpaired) electrons. The quantitative estimate of drug-likeness (QED) is 0.907. The topological polar surface area (TPSA) is 45.2 Å². The van der Waals surface area contributed by atoms with E-state index in [0.29, 0.717) is 17.6 Å². The molecule has 0 bridgehead atoms. The largest absolute Gasteiger partial charge is 0.334 e. The Balaban J connectivity index is 1.78. The van der Waals surface area contributed by atoms with Crippen LogP contribution in [-0.2, 0) is 0 Å². The number of aromatic nitrogens is 1. The number of pyridine rings is 1. The Bertz CT molecular complexity index is 474. The van der Waals surface area contributed by atoms with Crippen LogP contribution in [0.5, 0.6) is 0 Å². The van der Waals surface area contributed by atoms with Gasteiger partial charge < -0.3 is 10.2 Å². The molecule has 1 aromatic heterocycles. The molecule has 2 aliphatic rings. The first-order valence-corrected chi connectivity index (χ1v) is 7.70. The maximum atomic E-state index is 12.6. The number of carbonyl (C=O) groups excluding carboxylic acids is 1. The maximum Gasteiger partial charge on any atom is 0.255 e. The van der Waals surface area contributed by atoms with Crippen LogP contribution in [0.15, 0.2) is 22.9 Å². The normalized spacial score (nSPS) is 26.9. The molecule has 2 unspecified atom stereocenters. The molecule has 5 heteroatoms. The van der Waals surface area contributed by atoms with E-state index in [2.05, 4.69) is 26.2 Å². The summed E-state index contributed by atoms with van der Waals surface area (Å²) in [5, 5.41) is 3.53. The van der Waals surface area contributed by atoms with Crippen molar-refractivity contribution in [2.75, 3.05) is 13.1 Å². The van der Waals surface area contributed by atoms with E-state index in [9.17, 15) is 4.79 Å². The van der Waals surface area contributed by atoms with Gasteiger partial charge in [-0.25, -0.2) is 0 Å². The first kappa shape index (κ1) is 13.1. The van der Waals surface area contributed by atoms with Crippen LogP contribution in [0.1, 0.15) is 36.0 Å². The van der Waals surface area contributed by atoms with Crippen molar-refractivity contribution in [3.8, 4) is 0 Å². The fraction of sp³-hybridized carbons (Fsp3) is 0.571. The van der Waals surface area contributed by atoms with E-state index < -0.39 is 0 Å². The van der Waals surface area contributed by atoms with Crippen LogP contribution < -0.4 is 5.32 Å². The van der Waals surface area contributed by atoms with Gasteiger partial charge in [0.2, 0.25) is 0 Å². The number of amides is 1. The van der Waals surface area contributed by atoms with Gasteiger partial charge in [0.05, 0.1) is 5.56 Å². The molecule has 0 aliphatic carbocycles. The first-order chi connectivity index (χ1) is 9.25. The Labute approximate surface area is 121 Å². The molecule has 1 N–H and O–H groups in total. The Kier molecular flexibility index (Phi) is 3.84. The minimum absolute atomic E-state index is 0.116. The van der Waals surface area contributed by atoms with Gasteiger partial charge in [0, 0.05) is 35.5 Å². The molecule has 1 aromatic rings. The fourth-order valence-corrected chi connectivity index (χ4v) is 3.56. The molecule has 2 fully saturated rings. The zero-order valence-electron chi connectivity index (χ0n) is 10.8. The van der Waals surface area contributed by atoms with Gasteiger partial charge in [-0.05, 0) is 54.2 Å². The van der Waals surface area contributed by atoms with E-state index in [1.165, 1.54) is 12.8 Å². The van der Waals surface area contributed by atoms with Crippen LogP contribution in [0.3, 0.4) is 0 Å². The predicted octanol–water partition coefficient (Wildman–Crippen LogP) is 2.20. The van der Waals surface area contributed by atoms with Gasteiger partial charge in [0.15, 0.2) is 0 Å². The number of rotatable bonds is 2. The number of nitrogens with one attached hydrogen (secondary N) is 1. The van der Waals surface area contributed by atoms with E-state index in [4.69, 9.17) is 0 Å². The Morgan fingerprint density at radius 1 is 1.37 bits per heavy atom. The number of halogens is 1. The van der Waals surface area contributed by atoms with Crippen molar-refractivity contribution >= 4 is 21.8 Å². The molecule has 19 heavy (non-hydrogen) atoms. The number of likely N-dealkylation sites (tertiary alicyclic amines) is 1. The number of carbonyl (C=O) groups is 1. The summed E-state index contributed by atoms with van der Waals surface area (Å²) in [6.45, 7) is 1.95. The van der Waals surface area contributed by atoms with Gasteiger partial charge in [-0.1, -0.05) is 0 Å². The third-order valence-corrected chi connectivity index (χ3v) is 4.51. The Morgan fingerprint density at radius 3 is 3.00 bits per heavy atom. The van der Waals surface area contributed by atoms with Crippen molar-refractivity contribution in [3.05, 3.63) is 28.5 Å². The fourth-order valence-electron chi connectivity index (χ4n) is 3.20. The smallest absolute Gasteiger partial charge is 0.255 e. The molecule has 0 aromatic carbocycles. The summed E-state index contributed by atoms with van der Waals surface area (Å²) in [6, 6.07) is 2.69. The standard InChI is InChI=1S/C14H18BrN3O/c15-11-7-10(8-16-9-11)14(19)18-6-2-4-13(18)12-3-1-5-17-12/h7-9,12-13,17H,1-6H2. The van der Waals surface area contributed by atoms with Gasteiger partial charge in [-0.3, -0.25) is 9.78 Å². The van der Waals surface area contributed by atoms with Crippen molar-refractivity contribution < 1.29 is 4.79 Å². The van der Waals surface area contributed by atoms with Crippen LogP contribution in [0.4, 0.5) is 0 Å². The van der Waals surface area contributed by atoms with E-state index in [1.54, 1.807) is 12.4 Å². The average Bonchev–Trinajstić information content (AvgIpc) is 3.08. The van der Waals surface area contributed by atoms with E-state index in [0.717, 1.165) is 30.4 Å². The van der Waals surface area contributed by atoms with E-state index in [1.807, 2.05) is 11.0 Å². The van der Waals surface area contributed by atoms with Crippen LogP contribution >= 0.6 is 15.9 Å². The van der Waals surface area contributed by atoms with Gasteiger partial charge in [0.25, 0.3) is 5.91 Å². The molecule has 4 nitrogen and oxygen atoms in total. The molecule has 2 atom stereocenters. The lowest BCUT2D eigenvalue weighted by atomic mass is 10.0. The predicted molar refractivity (Wildman–Crippen MR) is 77.0 cm³/mol. The molecular formula is C14H18BrN3O. The van der Waals surface area contributed by atoms with E-state index >= 15 is 0 Å². The van der Waals surface area contributed by atoms with Crippen molar-refractivity contribution in [1.82, 2.24) is 15.2 Å². The van der Waals surface area contributed by atoms with Crippen molar-refractivity contribution in [1.29, 1.82) is 0 Å². The van der Waals surface area contributed by atoms with Crippen molar-refractivity contribution in [3.63, 3.8) is 0 Å². The summed E-state index contributed by atoms with van der Waals surface area (Å²) < 4.78 is 0.855. The summed E-state index contributed by atoms with van der Waals surface area (Å²) in [6.07, 6.45) is 8.00. The highest BCUT2D eigenvalue weighted by molar-refractivity contribution is 9.10. The molecule has 2 aliphatic heterocycles. The van der Waals surface area contributed by atoms with Gasteiger partial charge in [-0.15, -0.1) is 0 Å². The van der Waals surface area contributed by atoms with Gasteiger partial charge >= 0.3 is 0 Å². The Morgan fingerprint density at radius 2 is 2.26 bits per heavy atom. The molecule has 3 rings (SSSR count). The highest BCUT2D eigenvalue weighted by Crippen LogP contribution is 2.26. The zero-order chi connectivity index (χ0) is 13.2. The molecule has 0 spiro atoms. The molecule has 0 saturated carbocycles. The van der Waals surface area contributed by atoms with Crippen molar-refractivity contribution in [2.45, 2.75) is 37.8 Å². The second-order valence-corrected chi connectivity index (χ2v) is 6.22. The summed E-state index contributed by atoms with van der Waals surface area (Å²) in [7, 11) is 0.